The van der Waals surface area contributed by atoms with Crippen LogP contribution in [0.4, 0.5) is 0 Å². The fourth-order valence-electron chi connectivity index (χ4n) is 19.9. The van der Waals surface area contributed by atoms with Gasteiger partial charge in [-0.2, -0.15) is 9.97 Å². The van der Waals surface area contributed by atoms with Crippen molar-refractivity contribution in [3.8, 4) is 136 Å². The van der Waals surface area contributed by atoms with Crippen molar-refractivity contribution in [2.75, 3.05) is 0 Å². The summed E-state index contributed by atoms with van der Waals surface area (Å²) < 4.78 is 14.4. The van der Waals surface area contributed by atoms with Gasteiger partial charge in [0.25, 0.3) is 0 Å². The Morgan fingerprint density at radius 3 is 1.07 bits per heavy atom. The molecule has 0 bridgehead atoms. The molecule has 0 fully saturated rings. The van der Waals surface area contributed by atoms with Gasteiger partial charge >= 0.3 is 0 Å². The third-order valence-electron chi connectivity index (χ3n) is 25.9. The van der Waals surface area contributed by atoms with Crippen molar-refractivity contribution >= 4 is 150 Å². The van der Waals surface area contributed by atoms with E-state index in [1.54, 1.807) is 11.3 Å². The fraction of sp³-hybridized carbons (Fsp3) is 0. The van der Waals surface area contributed by atoms with Crippen LogP contribution in [0.3, 0.4) is 0 Å². The van der Waals surface area contributed by atoms with E-state index in [1.165, 1.54) is 47.2 Å². The molecule has 0 radical (unpaired) electrons. The van der Waals surface area contributed by atoms with E-state index in [2.05, 4.69) is 340 Å². The number of hydrogen-bond donors (Lipinski definition) is 0. The molecular weight excluding hydrogens is 1650 g/mol. The Balaban J connectivity index is 0.567. The van der Waals surface area contributed by atoms with Crippen molar-refractivity contribution in [3.63, 3.8) is 0 Å². The average Bonchev–Trinajstić information content (AvgIpc) is 1.55. The van der Waals surface area contributed by atoms with E-state index in [4.69, 9.17) is 44.9 Å². The minimum atomic E-state index is 0.506. The number of hydrogen-bond acceptors (Lipinski definition) is 11. The standard InChI is InChI=1S/C117H69N13S2/c1-5-28-70(29-6-1)109-118-110(71-30-7-2-8-31-71)120-112(119-109)74-54-58-81(59-55-74)127-98-51-22-16-46-91(98)103-99(127)65-64-88-84-42-13-20-49-96(84)129(104(88)103)83-41-27-37-77(68-83)76-36-25-39-79(66-76)116-124-114(73-34-11-4-12-35-73)125-117(126-116)130-97-50-21-15-44-86(97)94-69-93(102-92-47-18-24-53-101(92)132-108(102)106(94)130)78-38-26-40-80(67-78)115-122-111(72-32-9-3-10-33-72)121-113(123-115)75-56-60-82(61-57-75)128-95-48-19-14-43-85(95)89-62-63-90-87-45-17-23-52-100(87)131-107(90)105(89)128/h1-69H. The van der Waals surface area contributed by atoms with Crippen LogP contribution in [-0.4, -0.2) is 63.1 Å². The smallest absolute Gasteiger partial charge is 0.238 e. The maximum atomic E-state index is 5.67. The van der Waals surface area contributed by atoms with E-state index in [1.807, 2.05) is 108 Å². The zero-order valence-electron chi connectivity index (χ0n) is 70.5. The summed E-state index contributed by atoms with van der Waals surface area (Å²) in [6.07, 6.45) is 0. The fourth-order valence-corrected chi connectivity index (χ4v) is 22.4. The maximum Gasteiger partial charge on any atom is 0.238 e. The van der Waals surface area contributed by atoms with Gasteiger partial charge in [-0.1, -0.05) is 297 Å². The highest BCUT2D eigenvalue weighted by Gasteiger charge is 2.28. The molecular formula is C117H69N13S2. The Bertz CT molecular complexity index is 9350. The van der Waals surface area contributed by atoms with Gasteiger partial charge in [0, 0.05) is 136 Å². The van der Waals surface area contributed by atoms with Gasteiger partial charge in [-0.05, 0) is 144 Å². The van der Waals surface area contributed by atoms with Gasteiger partial charge in [0.2, 0.25) is 5.95 Å². The van der Waals surface area contributed by atoms with Gasteiger partial charge in [-0.25, -0.2) is 34.9 Å². The van der Waals surface area contributed by atoms with Crippen LogP contribution in [0.5, 0.6) is 0 Å². The molecule has 0 spiro atoms. The van der Waals surface area contributed by atoms with Crippen molar-refractivity contribution in [2.24, 2.45) is 0 Å². The minimum absolute atomic E-state index is 0.506. The summed E-state index contributed by atoms with van der Waals surface area (Å²) in [6.45, 7) is 0. The molecule has 0 unspecified atom stereocenters. The Hall–Kier alpha value is -17.4. The van der Waals surface area contributed by atoms with E-state index in [0.717, 1.165) is 164 Å². The lowest BCUT2D eigenvalue weighted by Gasteiger charge is -2.14. The lowest BCUT2D eigenvalue weighted by atomic mass is 9.95. The second-order valence-corrected chi connectivity index (χ2v) is 35.6. The van der Waals surface area contributed by atoms with E-state index in [0.29, 0.717) is 52.5 Å². The molecule has 614 valence electrons. The van der Waals surface area contributed by atoms with Crippen LogP contribution < -0.4 is 0 Å². The van der Waals surface area contributed by atoms with E-state index in [-0.39, 0.29) is 0 Å². The molecule has 0 aliphatic carbocycles. The quantitative estimate of drug-likeness (QED) is 0.104. The zero-order chi connectivity index (χ0) is 86.6. The van der Waals surface area contributed by atoms with Crippen molar-refractivity contribution in [1.82, 2.24) is 63.1 Å². The normalized spacial score (nSPS) is 11.9. The SMILES string of the molecule is c1ccc(-c2nc(-c3ccccc3)nc(-c3ccc(-n4c5ccccc5c5c4ccc4c6ccccc6n(-c6cccc(-c7cccc(-c8nc(-c9ccccc9)nc(-n9c%10ccccc%10c%10cc(-c%11cccc(-c%12nc(-c%13ccccc%13)nc(-c%13ccc(-n%14c%15ccccc%15c%15ccc%16c%17ccccc%17sc%16c%15%14)cc%13)n%12)c%11)c%11c%12ccccc%12sc%11c%109)n8)c7)c6)c45)cc3)n2)cc1. The van der Waals surface area contributed by atoms with Gasteiger partial charge in [0.1, 0.15) is 0 Å². The van der Waals surface area contributed by atoms with Crippen LogP contribution in [0.1, 0.15) is 0 Å². The number of rotatable bonds is 14. The Labute approximate surface area is 762 Å². The lowest BCUT2D eigenvalue weighted by molar-refractivity contribution is 0.955. The summed E-state index contributed by atoms with van der Waals surface area (Å²) in [6, 6.07) is 148. The van der Waals surface area contributed by atoms with E-state index >= 15 is 0 Å². The molecule has 0 saturated heterocycles. The van der Waals surface area contributed by atoms with Crippen molar-refractivity contribution in [1.29, 1.82) is 0 Å². The molecule has 18 aromatic carbocycles. The predicted octanol–water partition coefficient (Wildman–Crippen LogP) is 30.0. The molecule has 0 amide bonds. The largest absolute Gasteiger partial charge is 0.309 e. The van der Waals surface area contributed by atoms with Crippen LogP contribution in [0, 0.1) is 0 Å². The monoisotopic (exact) mass is 1720 g/mol. The number of thiophene rings is 2. The topological polar surface area (TPSA) is 136 Å². The van der Waals surface area contributed by atoms with Crippen molar-refractivity contribution < 1.29 is 0 Å². The molecule has 0 N–H and O–H groups in total. The maximum absolute atomic E-state index is 5.67. The van der Waals surface area contributed by atoms with Crippen LogP contribution in [0.25, 0.3) is 264 Å². The second-order valence-electron chi connectivity index (χ2n) is 33.5. The van der Waals surface area contributed by atoms with Gasteiger partial charge in [-0.3, -0.25) is 4.57 Å². The number of nitrogens with zero attached hydrogens (tertiary/aromatic N) is 13. The molecule has 9 aromatic heterocycles. The third kappa shape index (κ3) is 12.1. The molecule has 132 heavy (non-hydrogen) atoms. The summed E-state index contributed by atoms with van der Waals surface area (Å²) >= 11 is 3.65. The summed E-state index contributed by atoms with van der Waals surface area (Å²) in [5.41, 5.74) is 23.1. The first kappa shape index (κ1) is 74.8. The van der Waals surface area contributed by atoms with Gasteiger partial charge < -0.3 is 13.7 Å². The summed E-state index contributed by atoms with van der Waals surface area (Å²) in [5, 5.41) is 14.0. The number of benzene rings is 18. The number of fused-ring (bicyclic) bond motifs is 21. The molecule has 0 saturated carbocycles. The number of aromatic nitrogens is 13. The molecule has 0 atom stereocenters. The first-order valence-corrected chi connectivity index (χ1v) is 45.8. The summed E-state index contributed by atoms with van der Waals surface area (Å²) in [4.78, 5) is 47.8. The zero-order valence-corrected chi connectivity index (χ0v) is 72.1. The number of para-hydroxylation sites is 4. The molecule has 0 aliphatic rings. The molecule has 0 aliphatic heterocycles. The average molecular weight is 1720 g/mol. The van der Waals surface area contributed by atoms with Crippen molar-refractivity contribution in [2.45, 2.75) is 0 Å². The van der Waals surface area contributed by atoms with Gasteiger partial charge in [0.15, 0.2) is 46.6 Å². The molecule has 15 heteroatoms. The third-order valence-corrected chi connectivity index (χ3v) is 28.3. The highest BCUT2D eigenvalue weighted by atomic mass is 32.1. The second kappa shape index (κ2) is 30.2. The predicted molar refractivity (Wildman–Crippen MR) is 544 cm³/mol. The minimum Gasteiger partial charge on any atom is -0.309 e. The molecule has 13 nitrogen and oxygen atoms in total. The molecule has 27 aromatic rings. The van der Waals surface area contributed by atoms with Crippen molar-refractivity contribution in [3.05, 3.63) is 419 Å². The van der Waals surface area contributed by atoms with Gasteiger partial charge in [-0.15, -0.1) is 22.7 Å². The first-order valence-electron chi connectivity index (χ1n) is 44.1. The Kier molecular flexibility index (Phi) is 17.1. The summed E-state index contributed by atoms with van der Waals surface area (Å²) in [5.74, 6) is 5.19. The lowest BCUT2D eigenvalue weighted by Crippen LogP contribution is -2.06. The van der Waals surface area contributed by atoms with E-state index < -0.39 is 0 Å². The molecule has 9 heterocycles. The highest BCUT2D eigenvalue weighted by Crippen LogP contribution is 2.51. The first-order chi connectivity index (χ1) is 65.4. The Morgan fingerprint density at radius 1 is 0.167 bits per heavy atom. The van der Waals surface area contributed by atoms with E-state index in [9.17, 15) is 0 Å². The highest BCUT2D eigenvalue weighted by molar-refractivity contribution is 7.27. The van der Waals surface area contributed by atoms with Crippen LogP contribution in [0.15, 0.2) is 419 Å². The Morgan fingerprint density at radius 2 is 0.515 bits per heavy atom. The molecule has 27 rings (SSSR count). The van der Waals surface area contributed by atoms with Crippen LogP contribution in [-0.2, 0) is 0 Å². The van der Waals surface area contributed by atoms with Crippen LogP contribution >= 0.6 is 22.7 Å². The van der Waals surface area contributed by atoms with Crippen LogP contribution in [0.2, 0.25) is 0 Å². The van der Waals surface area contributed by atoms with Gasteiger partial charge in [0.05, 0.1) is 53.5 Å². The summed E-state index contributed by atoms with van der Waals surface area (Å²) in [7, 11) is 0.